The summed E-state index contributed by atoms with van der Waals surface area (Å²) in [5, 5.41) is 2.87. The molecule has 0 spiro atoms. The van der Waals surface area contributed by atoms with Gasteiger partial charge in [-0.25, -0.2) is 4.79 Å². The molecule has 4 aromatic rings. The topological polar surface area (TPSA) is 90.4 Å². The van der Waals surface area contributed by atoms with E-state index in [-0.39, 0.29) is 5.97 Å². The van der Waals surface area contributed by atoms with Crippen molar-refractivity contribution in [3.8, 4) is 21.6 Å². The summed E-state index contributed by atoms with van der Waals surface area (Å²) in [6.45, 7) is 3.64. The fourth-order valence-corrected chi connectivity index (χ4v) is 5.26. The maximum atomic E-state index is 12.6. The lowest BCUT2D eigenvalue weighted by Crippen LogP contribution is -2.21. The van der Waals surface area contributed by atoms with Crippen molar-refractivity contribution >= 4 is 29.3 Å². The summed E-state index contributed by atoms with van der Waals surface area (Å²) in [6, 6.07) is 21.7. The Kier molecular flexibility index (Phi) is 6.76. The van der Waals surface area contributed by atoms with Crippen molar-refractivity contribution < 1.29 is 19.1 Å². The van der Waals surface area contributed by atoms with Gasteiger partial charge in [-0.15, -0.1) is 0 Å². The predicted molar refractivity (Wildman–Crippen MR) is 143 cm³/mol. The zero-order chi connectivity index (χ0) is 26.0. The number of hydrogen-bond acceptors (Lipinski definition) is 7. The molecule has 1 fully saturated rings. The summed E-state index contributed by atoms with van der Waals surface area (Å²) in [5.41, 5.74) is 5.63. The Hall–Kier alpha value is -4.04. The number of nitrogens with one attached hydrogen (secondary N) is 1. The number of pyridine rings is 1. The Morgan fingerprint density at radius 2 is 1.62 bits per heavy atom. The summed E-state index contributed by atoms with van der Waals surface area (Å²) in [5.74, 6) is -0.163. The van der Waals surface area contributed by atoms with Gasteiger partial charge in [0.2, 0.25) is 0 Å². The number of aryl methyl sites for hydroxylation is 1. The van der Waals surface area contributed by atoms with Gasteiger partial charge in [-0.3, -0.25) is 15.1 Å². The molecule has 1 atom stereocenters. The van der Waals surface area contributed by atoms with E-state index in [4.69, 9.17) is 9.47 Å². The maximum absolute atomic E-state index is 12.6. The molecule has 37 heavy (non-hydrogen) atoms. The monoisotopic (exact) mass is 513 g/mol. The molecule has 7 nitrogen and oxygen atoms in total. The summed E-state index contributed by atoms with van der Waals surface area (Å²) >= 11 is 1.33. The number of anilines is 1. The fourth-order valence-electron chi connectivity index (χ4n) is 4.41. The Labute approximate surface area is 219 Å². The van der Waals surface area contributed by atoms with Gasteiger partial charge >= 0.3 is 12.1 Å². The molecule has 0 aliphatic heterocycles. The molecule has 2 heterocycles. The lowest BCUT2D eigenvalue weighted by molar-refractivity contribution is -0.143. The van der Waals surface area contributed by atoms with Crippen LogP contribution in [0.25, 0.3) is 21.6 Å². The quantitative estimate of drug-likeness (QED) is 0.277. The smallest absolute Gasteiger partial charge is 0.412 e. The van der Waals surface area contributed by atoms with Gasteiger partial charge < -0.3 is 9.47 Å². The second-order valence-corrected chi connectivity index (χ2v) is 9.90. The largest absolute Gasteiger partial charge is 0.468 e. The average Bonchev–Trinajstić information content (AvgIpc) is 3.67. The molecule has 1 unspecified atom stereocenters. The minimum atomic E-state index is -0.556. The highest BCUT2D eigenvalue weighted by Crippen LogP contribution is 2.49. The normalized spacial score (nSPS) is 14.5. The van der Waals surface area contributed by atoms with Gasteiger partial charge in [-0.1, -0.05) is 54.6 Å². The Morgan fingerprint density at radius 1 is 0.973 bits per heavy atom. The second-order valence-electron chi connectivity index (χ2n) is 9.13. The molecule has 188 valence electrons. The summed E-state index contributed by atoms with van der Waals surface area (Å²) in [7, 11) is 1.44. The first-order valence-corrected chi connectivity index (χ1v) is 12.8. The van der Waals surface area contributed by atoms with Crippen molar-refractivity contribution in [2.24, 2.45) is 0 Å². The Balaban J connectivity index is 1.30. The Morgan fingerprint density at radius 3 is 2.22 bits per heavy atom. The average molecular weight is 514 g/mol. The predicted octanol–water partition coefficient (Wildman–Crippen LogP) is 6.69. The number of hydrogen-bond donors (Lipinski definition) is 1. The second kappa shape index (κ2) is 10.1. The van der Waals surface area contributed by atoms with Crippen LogP contribution in [0.5, 0.6) is 0 Å². The van der Waals surface area contributed by atoms with Crippen molar-refractivity contribution in [1.29, 1.82) is 0 Å². The highest BCUT2D eigenvalue weighted by atomic mass is 32.1. The van der Waals surface area contributed by atoms with Crippen LogP contribution in [0.3, 0.4) is 0 Å². The summed E-state index contributed by atoms with van der Waals surface area (Å²) in [6.07, 6.45) is 2.29. The van der Waals surface area contributed by atoms with Gasteiger partial charge in [0.15, 0.2) is 0 Å². The first-order chi connectivity index (χ1) is 17.9. The number of methoxy groups -OCH3 is 1. The third-order valence-corrected chi connectivity index (χ3v) is 7.71. The maximum Gasteiger partial charge on any atom is 0.412 e. The standard InChI is InChI=1S/C29H27N3O4S/c1-18-25(31-28(34)36-19(2)24-6-4-5-17-30-24)26(37-32-18)22-9-7-20(8-10-22)21-11-13-23(14-12-21)29(15-16-29)27(33)35-3/h4-14,17,19H,15-16H2,1-3H3,(H,31,34). The van der Waals surface area contributed by atoms with Gasteiger partial charge in [0.1, 0.15) is 6.10 Å². The van der Waals surface area contributed by atoms with Crippen LogP contribution in [0.4, 0.5) is 10.5 Å². The number of aromatic nitrogens is 2. The van der Waals surface area contributed by atoms with E-state index < -0.39 is 17.6 Å². The SMILES string of the molecule is COC(=O)C1(c2ccc(-c3ccc(-c4snc(C)c4NC(=O)OC(C)c4ccccn4)cc3)cc2)CC1. The fraction of sp³-hybridized carbons (Fsp3) is 0.241. The molecular formula is C29H27N3O4S. The first-order valence-electron chi connectivity index (χ1n) is 12.1. The molecule has 0 saturated heterocycles. The molecular weight excluding hydrogens is 486 g/mol. The third-order valence-electron chi connectivity index (χ3n) is 6.72. The third kappa shape index (κ3) is 4.97. The zero-order valence-corrected chi connectivity index (χ0v) is 21.7. The lowest BCUT2D eigenvalue weighted by Gasteiger charge is -2.14. The van der Waals surface area contributed by atoms with Gasteiger partial charge in [-0.2, -0.15) is 4.37 Å². The van der Waals surface area contributed by atoms with Crippen LogP contribution in [-0.4, -0.2) is 28.5 Å². The minimum Gasteiger partial charge on any atom is -0.468 e. The van der Waals surface area contributed by atoms with E-state index in [0.29, 0.717) is 11.4 Å². The van der Waals surface area contributed by atoms with Crippen LogP contribution in [0.15, 0.2) is 72.9 Å². The molecule has 1 aliphatic rings. The van der Waals surface area contributed by atoms with E-state index in [9.17, 15) is 9.59 Å². The number of ether oxygens (including phenoxy) is 2. The number of esters is 1. The lowest BCUT2D eigenvalue weighted by atomic mass is 9.93. The molecule has 8 heteroatoms. The van der Waals surface area contributed by atoms with Gasteiger partial charge in [0.25, 0.3) is 0 Å². The highest BCUT2D eigenvalue weighted by Gasteiger charge is 2.52. The minimum absolute atomic E-state index is 0.163. The summed E-state index contributed by atoms with van der Waals surface area (Å²) in [4.78, 5) is 29.9. The first kappa shape index (κ1) is 24.6. The molecule has 0 radical (unpaired) electrons. The number of carbonyl (C=O) groups is 2. The molecule has 1 amide bonds. The summed E-state index contributed by atoms with van der Waals surface area (Å²) < 4.78 is 15.0. The van der Waals surface area contributed by atoms with Crippen LogP contribution in [0, 0.1) is 6.92 Å². The van der Waals surface area contributed by atoms with Gasteiger partial charge in [-0.05, 0) is 72.6 Å². The number of benzene rings is 2. The van der Waals surface area contributed by atoms with Gasteiger partial charge in [0.05, 0.1) is 34.5 Å². The van der Waals surface area contributed by atoms with Crippen LogP contribution in [0.1, 0.15) is 42.8 Å². The zero-order valence-electron chi connectivity index (χ0n) is 20.9. The number of amides is 1. The van der Waals surface area contributed by atoms with Crippen molar-refractivity contribution in [2.75, 3.05) is 12.4 Å². The van der Waals surface area contributed by atoms with Crippen LogP contribution < -0.4 is 5.32 Å². The van der Waals surface area contributed by atoms with Crippen molar-refractivity contribution in [3.05, 3.63) is 89.9 Å². The molecule has 1 aliphatic carbocycles. The van der Waals surface area contributed by atoms with Crippen molar-refractivity contribution in [1.82, 2.24) is 9.36 Å². The van der Waals surface area contributed by atoms with E-state index in [0.717, 1.165) is 45.7 Å². The van der Waals surface area contributed by atoms with Gasteiger partial charge in [0, 0.05) is 6.20 Å². The number of carbonyl (C=O) groups excluding carboxylic acids is 2. The molecule has 1 N–H and O–H groups in total. The van der Waals surface area contributed by atoms with E-state index in [1.165, 1.54) is 18.6 Å². The Bertz CT molecular complexity index is 1410. The molecule has 1 saturated carbocycles. The van der Waals surface area contributed by atoms with Crippen LogP contribution in [-0.2, 0) is 19.7 Å². The van der Waals surface area contributed by atoms with Crippen molar-refractivity contribution in [3.63, 3.8) is 0 Å². The van der Waals surface area contributed by atoms with E-state index >= 15 is 0 Å². The van der Waals surface area contributed by atoms with Crippen LogP contribution >= 0.6 is 11.5 Å². The van der Waals surface area contributed by atoms with E-state index in [1.807, 2.05) is 73.7 Å². The van der Waals surface area contributed by atoms with Crippen molar-refractivity contribution in [2.45, 2.75) is 38.2 Å². The molecule has 2 aromatic carbocycles. The molecule has 0 bridgehead atoms. The molecule has 5 rings (SSSR count). The number of nitrogens with zero attached hydrogens (tertiary/aromatic N) is 2. The highest BCUT2D eigenvalue weighted by molar-refractivity contribution is 7.10. The number of rotatable bonds is 7. The van der Waals surface area contributed by atoms with Crippen LogP contribution in [0.2, 0.25) is 0 Å². The molecule has 2 aromatic heterocycles. The van der Waals surface area contributed by atoms with E-state index in [2.05, 4.69) is 14.7 Å². The van der Waals surface area contributed by atoms with E-state index in [1.54, 1.807) is 13.1 Å².